The van der Waals surface area contributed by atoms with Crippen molar-refractivity contribution >= 4 is 17.5 Å². The third-order valence-electron chi connectivity index (χ3n) is 6.33. The van der Waals surface area contributed by atoms with Crippen LogP contribution in [-0.2, 0) is 9.59 Å². The minimum absolute atomic E-state index is 0.102. The van der Waals surface area contributed by atoms with Crippen molar-refractivity contribution in [1.82, 2.24) is 0 Å². The summed E-state index contributed by atoms with van der Waals surface area (Å²) in [7, 11) is 0. The number of aryl methyl sites for hydroxylation is 1. The molecule has 1 aliphatic heterocycles. The minimum Gasteiger partial charge on any atom is -0.274 e. The zero-order valence-corrected chi connectivity index (χ0v) is 16.8. The van der Waals surface area contributed by atoms with E-state index in [4.69, 9.17) is 0 Å². The number of benzene rings is 3. The topological polar surface area (TPSA) is 37.4 Å². The lowest BCUT2D eigenvalue weighted by Crippen LogP contribution is -2.31. The lowest BCUT2D eigenvalue weighted by atomic mass is 9.68. The summed E-state index contributed by atoms with van der Waals surface area (Å²) in [4.78, 5) is 28.8. The van der Waals surface area contributed by atoms with Gasteiger partial charge >= 0.3 is 0 Å². The molecule has 4 unspecified atom stereocenters. The molecule has 3 nitrogen and oxygen atoms in total. The molecule has 0 spiro atoms. The maximum Gasteiger partial charge on any atom is 0.238 e. The molecule has 3 aromatic rings. The highest BCUT2D eigenvalue weighted by Gasteiger charge is 2.55. The largest absolute Gasteiger partial charge is 0.274 e. The number of rotatable bonds is 3. The summed E-state index contributed by atoms with van der Waals surface area (Å²) < 4.78 is 0. The number of hydrogen-bond donors (Lipinski definition) is 0. The molecule has 1 aliphatic carbocycles. The second kappa shape index (κ2) is 7.42. The summed E-state index contributed by atoms with van der Waals surface area (Å²) in [5.74, 6) is -1.24. The Kier molecular flexibility index (Phi) is 4.59. The van der Waals surface area contributed by atoms with Crippen molar-refractivity contribution in [2.45, 2.75) is 18.8 Å². The van der Waals surface area contributed by atoms with Crippen molar-refractivity contribution < 1.29 is 9.59 Å². The number of fused-ring (bicyclic) bond motifs is 1. The van der Waals surface area contributed by atoms with Gasteiger partial charge in [-0.3, -0.25) is 9.59 Å². The lowest BCUT2D eigenvalue weighted by Gasteiger charge is -2.32. The molecule has 1 fully saturated rings. The van der Waals surface area contributed by atoms with Crippen LogP contribution >= 0.6 is 0 Å². The number of hydrogen-bond acceptors (Lipinski definition) is 2. The normalized spacial score (nSPS) is 25.4. The van der Waals surface area contributed by atoms with E-state index in [0.29, 0.717) is 5.69 Å². The molecular weight excluding hydrogens is 370 g/mol. The van der Waals surface area contributed by atoms with Gasteiger partial charge in [-0.15, -0.1) is 0 Å². The van der Waals surface area contributed by atoms with E-state index in [1.807, 2.05) is 91.9 Å². The minimum atomic E-state index is -0.407. The van der Waals surface area contributed by atoms with E-state index in [1.54, 1.807) is 0 Å². The third-order valence-corrected chi connectivity index (χ3v) is 6.33. The molecule has 5 rings (SSSR count). The number of allylic oxidation sites excluding steroid dienone is 2. The number of imide groups is 1. The molecule has 0 aromatic heterocycles. The Labute approximate surface area is 176 Å². The number of anilines is 1. The second-order valence-corrected chi connectivity index (χ2v) is 8.16. The monoisotopic (exact) mass is 393 g/mol. The van der Waals surface area contributed by atoms with Crippen molar-refractivity contribution in [3.05, 3.63) is 114 Å². The molecule has 2 amide bonds. The first-order valence-electron chi connectivity index (χ1n) is 10.4. The zero-order chi connectivity index (χ0) is 20.7. The van der Waals surface area contributed by atoms with Gasteiger partial charge in [-0.25, -0.2) is 4.90 Å². The van der Waals surface area contributed by atoms with Gasteiger partial charge in [0, 0.05) is 11.8 Å². The Bertz CT molecular complexity index is 1050. The van der Waals surface area contributed by atoms with Crippen LogP contribution in [0, 0.1) is 18.8 Å². The molecule has 4 atom stereocenters. The van der Waals surface area contributed by atoms with E-state index in [-0.39, 0.29) is 23.7 Å². The van der Waals surface area contributed by atoms with Crippen molar-refractivity contribution in [3.8, 4) is 0 Å². The molecule has 1 saturated heterocycles. The SMILES string of the molecule is Cc1cccc(N2C(=O)C3C(c4ccccc4)C=CC(c4ccccc4)C3C2=O)c1. The fraction of sp³-hybridized carbons (Fsp3) is 0.185. The van der Waals surface area contributed by atoms with Gasteiger partial charge in [0.1, 0.15) is 0 Å². The second-order valence-electron chi connectivity index (χ2n) is 8.16. The van der Waals surface area contributed by atoms with Gasteiger partial charge in [0.05, 0.1) is 17.5 Å². The Balaban J connectivity index is 1.64. The fourth-order valence-electron chi connectivity index (χ4n) is 4.96. The van der Waals surface area contributed by atoms with Crippen LogP contribution in [0.1, 0.15) is 28.5 Å². The first-order valence-corrected chi connectivity index (χ1v) is 10.4. The van der Waals surface area contributed by atoms with Crippen LogP contribution in [0.5, 0.6) is 0 Å². The Morgan fingerprint density at radius 2 is 1.13 bits per heavy atom. The van der Waals surface area contributed by atoms with Gasteiger partial charge in [0.2, 0.25) is 11.8 Å². The van der Waals surface area contributed by atoms with Crippen molar-refractivity contribution in [1.29, 1.82) is 0 Å². The van der Waals surface area contributed by atoms with Gasteiger partial charge in [0.25, 0.3) is 0 Å². The van der Waals surface area contributed by atoms with Crippen molar-refractivity contribution in [2.24, 2.45) is 11.8 Å². The molecule has 0 radical (unpaired) electrons. The van der Waals surface area contributed by atoms with Gasteiger partial charge in [-0.2, -0.15) is 0 Å². The first kappa shape index (κ1) is 18.6. The summed E-state index contributed by atoms with van der Waals surface area (Å²) in [5.41, 5.74) is 3.84. The van der Waals surface area contributed by atoms with E-state index in [1.165, 1.54) is 4.90 Å². The van der Waals surface area contributed by atoms with Crippen LogP contribution < -0.4 is 4.90 Å². The number of nitrogens with zero attached hydrogens (tertiary/aromatic N) is 1. The van der Waals surface area contributed by atoms with E-state index in [9.17, 15) is 9.59 Å². The van der Waals surface area contributed by atoms with Gasteiger partial charge in [-0.1, -0.05) is 84.9 Å². The van der Waals surface area contributed by atoms with Gasteiger partial charge < -0.3 is 0 Å². The van der Waals surface area contributed by atoms with Crippen LogP contribution in [0.15, 0.2) is 97.1 Å². The smallest absolute Gasteiger partial charge is 0.238 e. The van der Waals surface area contributed by atoms with Crippen molar-refractivity contribution in [3.63, 3.8) is 0 Å². The number of carbonyl (C=O) groups excluding carboxylic acids is 2. The first-order chi connectivity index (χ1) is 14.6. The molecule has 3 aromatic carbocycles. The zero-order valence-electron chi connectivity index (χ0n) is 16.8. The maximum absolute atomic E-state index is 13.7. The van der Waals surface area contributed by atoms with Crippen molar-refractivity contribution in [2.75, 3.05) is 4.90 Å². The van der Waals surface area contributed by atoms with Crippen LogP contribution in [-0.4, -0.2) is 11.8 Å². The molecule has 148 valence electrons. The Morgan fingerprint density at radius 1 is 0.633 bits per heavy atom. The average Bonchev–Trinajstić information content (AvgIpc) is 3.05. The van der Waals surface area contributed by atoms with Crippen LogP contribution in [0.25, 0.3) is 0 Å². The maximum atomic E-state index is 13.7. The highest BCUT2D eigenvalue weighted by Crippen LogP contribution is 2.50. The fourth-order valence-corrected chi connectivity index (χ4v) is 4.96. The highest BCUT2D eigenvalue weighted by atomic mass is 16.2. The van der Waals surface area contributed by atoms with Gasteiger partial charge in [-0.05, 0) is 35.7 Å². The lowest BCUT2D eigenvalue weighted by molar-refractivity contribution is -0.122. The molecule has 1 heterocycles. The summed E-state index contributed by atoms with van der Waals surface area (Å²) >= 11 is 0. The van der Waals surface area contributed by atoms with E-state index >= 15 is 0 Å². The predicted octanol–water partition coefficient (Wildman–Crippen LogP) is 5.24. The van der Waals surface area contributed by atoms with E-state index in [2.05, 4.69) is 12.2 Å². The van der Waals surface area contributed by atoms with Crippen LogP contribution in [0.2, 0.25) is 0 Å². The molecule has 30 heavy (non-hydrogen) atoms. The summed E-state index contributed by atoms with van der Waals surface area (Å²) in [5, 5.41) is 0. The van der Waals surface area contributed by atoms with E-state index < -0.39 is 11.8 Å². The molecule has 0 saturated carbocycles. The molecule has 2 aliphatic rings. The quantitative estimate of drug-likeness (QED) is 0.451. The summed E-state index contributed by atoms with van der Waals surface area (Å²) in [6, 6.07) is 27.7. The third kappa shape index (κ3) is 2.98. The standard InChI is InChI=1S/C27H23NO2/c1-18-9-8-14-21(17-18)28-26(29)24-22(19-10-4-2-5-11-19)15-16-23(25(24)27(28)30)20-12-6-3-7-13-20/h2-17,22-25H,1H3. The van der Waals surface area contributed by atoms with Crippen LogP contribution in [0.3, 0.4) is 0 Å². The molecular formula is C27H23NO2. The Morgan fingerprint density at radius 3 is 1.60 bits per heavy atom. The molecule has 0 bridgehead atoms. The van der Waals surface area contributed by atoms with Crippen LogP contribution in [0.4, 0.5) is 5.69 Å². The van der Waals surface area contributed by atoms with Gasteiger partial charge in [0.15, 0.2) is 0 Å². The average molecular weight is 393 g/mol. The molecule has 0 N–H and O–H groups in total. The van der Waals surface area contributed by atoms with E-state index in [0.717, 1.165) is 16.7 Å². The summed E-state index contributed by atoms with van der Waals surface area (Å²) in [6.45, 7) is 1.97. The Hall–Kier alpha value is -3.46. The molecule has 3 heteroatoms. The summed E-state index contributed by atoms with van der Waals surface area (Å²) in [6.07, 6.45) is 4.25. The number of amides is 2. The predicted molar refractivity (Wildman–Crippen MR) is 118 cm³/mol. The highest BCUT2D eigenvalue weighted by molar-refractivity contribution is 6.23. The number of carbonyl (C=O) groups is 2.